The maximum atomic E-state index is 9.70. The van der Waals surface area contributed by atoms with Crippen LogP contribution in [0.15, 0.2) is 0 Å². The Hall–Kier alpha value is -0.0800. The SMILES string of the molecule is CCCC(CN)C(O)C1CC1. The van der Waals surface area contributed by atoms with Crippen molar-refractivity contribution in [3.8, 4) is 0 Å². The zero-order chi connectivity index (χ0) is 8.27. The van der Waals surface area contributed by atoms with Crippen molar-refractivity contribution >= 4 is 0 Å². The van der Waals surface area contributed by atoms with Gasteiger partial charge in [-0.1, -0.05) is 13.3 Å². The fraction of sp³-hybridized carbons (Fsp3) is 1.00. The molecule has 2 heteroatoms. The minimum atomic E-state index is -0.111. The molecule has 0 saturated heterocycles. The molecule has 2 nitrogen and oxygen atoms in total. The van der Waals surface area contributed by atoms with Crippen molar-refractivity contribution in [2.24, 2.45) is 17.6 Å². The van der Waals surface area contributed by atoms with Crippen LogP contribution in [0.5, 0.6) is 0 Å². The molecule has 3 N–H and O–H groups in total. The minimum Gasteiger partial charge on any atom is -0.393 e. The monoisotopic (exact) mass is 157 g/mol. The molecule has 1 saturated carbocycles. The van der Waals surface area contributed by atoms with Crippen molar-refractivity contribution in [3.63, 3.8) is 0 Å². The highest BCUT2D eigenvalue weighted by molar-refractivity contribution is 4.85. The van der Waals surface area contributed by atoms with Gasteiger partial charge in [0.05, 0.1) is 6.10 Å². The van der Waals surface area contributed by atoms with E-state index in [1.165, 1.54) is 12.8 Å². The Balaban J connectivity index is 2.26. The van der Waals surface area contributed by atoms with Crippen LogP contribution in [0.4, 0.5) is 0 Å². The highest BCUT2D eigenvalue weighted by Gasteiger charge is 2.33. The van der Waals surface area contributed by atoms with Gasteiger partial charge < -0.3 is 10.8 Å². The molecule has 0 heterocycles. The van der Waals surface area contributed by atoms with Gasteiger partial charge in [0, 0.05) is 0 Å². The Morgan fingerprint density at radius 2 is 2.18 bits per heavy atom. The Kier molecular flexibility index (Phi) is 3.34. The topological polar surface area (TPSA) is 46.2 Å². The van der Waals surface area contributed by atoms with Crippen LogP contribution in [0.25, 0.3) is 0 Å². The second kappa shape index (κ2) is 4.07. The van der Waals surface area contributed by atoms with Gasteiger partial charge in [0.1, 0.15) is 0 Å². The van der Waals surface area contributed by atoms with Gasteiger partial charge in [-0.25, -0.2) is 0 Å². The van der Waals surface area contributed by atoms with Gasteiger partial charge in [-0.15, -0.1) is 0 Å². The summed E-state index contributed by atoms with van der Waals surface area (Å²) >= 11 is 0. The smallest absolute Gasteiger partial charge is 0.0608 e. The van der Waals surface area contributed by atoms with E-state index in [4.69, 9.17) is 5.73 Å². The summed E-state index contributed by atoms with van der Waals surface area (Å²) in [4.78, 5) is 0. The van der Waals surface area contributed by atoms with E-state index in [-0.39, 0.29) is 6.10 Å². The first-order valence-electron chi connectivity index (χ1n) is 4.67. The predicted octanol–water partition coefficient (Wildman–Crippen LogP) is 1.13. The van der Waals surface area contributed by atoms with Crippen molar-refractivity contribution in [2.45, 2.75) is 38.7 Å². The summed E-state index contributed by atoms with van der Waals surface area (Å²) in [6.45, 7) is 2.79. The molecule has 0 aromatic carbocycles. The van der Waals surface area contributed by atoms with Crippen molar-refractivity contribution in [1.29, 1.82) is 0 Å². The lowest BCUT2D eigenvalue weighted by molar-refractivity contribution is 0.0853. The molecule has 2 unspecified atom stereocenters. The quantitative estimate of drug-likeness (QED) is 0.628. The molecule has 0 aromatic heterocycles. The summed E-state index contributed by atoms with van der Waals surface area (Å²) in [6, 6.07) is 0. The van der Waals surface area contributed by atoms with Gasteiger partial charge in [0.25, 0.3) is 0 Å². The summed E-state index contributed by atoms with van der Waals surface area (Å²) in [6.07, 6.45) is 4.52. The molecule has 1 aliphatic carbocycles. The zero-order valence-corrected chi connectivity index (χ0v) is 7.29. The molecule has 0 spiro atoms. The van der Waals surface area contributed by atoms with Crippen LogP contribution in [0.3, 0.4) is 0 Å². The van der Waals surface area contributed by atoms with Crippen molar-refractivity contribution in [3.05, 3.63) is 0 Å². The Morgan fingerprint density at radius 3 is 2.55 bits per heavy atom. The van der Waals surface area contributed by atoms with Crippen LogP contribution in [-0.4, -0.2) is 17.8 Å². The zero-order valence-electron chi connectivity index (χ0n) is 7.29. The van der Waals surface area contributed by atoms with Crippen LogP contribution in [0, 0.1) is 11.8 Å². The molecule has 66 valence electrons. The van der Waals surface area contributed by atoms with Gasteiger partial charge >= 0.3 is 0 Å². The molecule has 0 radical (unpaired) electrons. The molecule has 1 fully saturated rings. The number of nitrogens with two attached hydrogens (primary N) is 1. The second-order valence-electron chi connectivity index (χ2n) is 3.61. The van der Waals surface area contributed by atoms with Crippen LogP contribution < -0.4 is 5.73 Å². The van der Waals surface area contributed by atoms with Crippen LogP contribution in [0.1, 0.15) is 32.6 Å². The van der Waals surface area contributed by atoms with E-state index in [0.29, 0.717) is 18.4 Å². The van der Waals surface area contributed by atoms with Crippen LogP contribution >= 0.6 is 0 Å². The van der Waals surface area contributed by atoms with E-state index >= 15 is 0 Å². The normalized spacial score (nSPS) is 23.2. The summed E-state index contributed by atoms with van der Waals surface area (Å²) < 4.78 is 0. The highest BCUT2D eigenvalue weighted by Crippen LogP contribution is 2.36. The van der Waals surface area contributed by atoms with Gasteiger partial charge in [0.15, 0.2) is 0 Å². The standard InChI is InChI=1S/C9H19NO/c1-2-3-8(6-10)9(11)7-4-5-7/h7-9,11H,2-6,10H2,1H3. The van der Waals surface area contributed by atoms with E-state index in [2.05, 4.69) is 6.92 Å². The highest BCUT2D eigenvalue weighted by atomic mass is 16.3. The molecule has 1 aliphatic rings. The lowest BCUT2D eigenvalue weighted by atomic mass is 9.94. The van der Waals surface area contributed by atoms with E-state index in [9.17, 15) is 5.11 Å². The van der Waals surface area contributed by atoms with Crippen molar-refractivity contribution < 1.29 is 5.11 Å². The number of hydrogen-bond donors (Lipinski definition) is 2. The molecular weight excluding hydrogens is 138 g/mol. The van der Waals surface area contributed by atoms with E-state index in [1.807, 2.05) is 0 Å². The average molecular weight is 157 g/mol. The number of aliphatic hydroxyl groups is 1. The lowest BCUT2D eigenvalue weighted by Gasteiger charge is -2.20. The fourth-order valence-corrected chi connectivity index (χ4v) is 1.62. The lowest BCUT2D eigenvalue weighted by Crippen LogP contribution is -2.29. The maximum absolute atomic E-state index is 9.70. The molecule has 0 amide bonds. The number of aliphatic hydroxyl groups excluding tert-OH is 1. The van der Waals surface area contributed by atoms with Crippen LogP contribution in [0.2, 0.25) is 0 Å². The average Bonchev–Trinajstić information content (AvgIpc) is 2.81. The number of rotatable bonds is 5. The molecule has 1 rings (SSSR count). The van der Waals surface area contributed by atoms with E-state index in [0.717, 1.165) is 12.8 Å². The van der Waals surface area contributed by atoms with E-state index < -0.39 is 0 Å². The maximum Gasteiger partial charge on any atom is 0.0608 e. The first kappa shape index (κ1) is 9.01. The Bertz CT molecular complexity index is 112. The summed E-state index contributed by atoms with van der Waals surface area (Å²) in [7, 11) is 0. The summed E-state index contributed by atoms with van der Waals surface area (Å²) in [5.74, 6) is 0.933. The van der Waals surface area contributed by atoms with Crippen molar-refractivity contribution in [1.82, 2.24) is 0 Å². The van der Waals surface area contributed by atoms with Gasteiger partial charge in [-0.05, 0) is 37.6 Å². The molecule has 0 aromatic rings. The van der Waals surface area contributed by atoms with Gasteiger partial charge in [-0.3, -0.25) is 0 Å². The fourth-order valence-electron chi connectivity index (χ4n) is 1.62. The first-order valence-corrected chi connectivity index (χ1v) is 4.67. The molecule has 0 aliphatic heterocycles. The number of hydrogen-bond acceptors (Lipinski definition) is 2. The van der Waals surface area contributed by atoms with Gasteiger partial charge in [0.2, 0.25) is 0 Å². The molecule has 0 bridgehead atoms. The van der Waals surface area contributed by atoms with Crippen molar-refractivity contribution in [2.75, 3.05) is 6.54 Å². The Morgan fingerprint density at radius 1 is 1.55 bits per heavy atom. The molecular formula is C9H19NO. The Labute approximate surface area is 68.8 Å². The predicted molar refractivity (Wildman–Crippen MR) is 46.2 cm³/mol. The molecule has 2 atom stereocenters. The first-order chi connectivity index (χ1) is 5.29. The summed E-state index contributed by atoms with van der Waals surface area (Å²) in [5.41, 5.74) is 5.57. The van der Waals surface area contributed by atoms with Gasteiger partial charge in [-0.2, -0.15) is 0 Å². The van der Waals surface area contributed by atoms with E-state index in [1.54, 1.807) is 0 Å². The third-order valence-corrected chi connectivity index (χ3v) is 2.55. The third kappa shape index (κ3) is 2.46. The largest absolute Gasteiger partial charge is 0.393 e. The molecule has 11 heavy (non-hydrogen) atoms. The second-order valence-corrected chi connectivity index (χ2v) is 3.61. The minimum absolute atomic E-state index is 0.111. The third-order valence-electron chi connectivity index (χ3n) is 2.55. The summed E-state index contributed by atoms with van der Waals surface area (Å²) in [5, 5.41) is 9.70. The van der Waals surface area contributed by atoms with Crippen LogP contribution in [-0.2, 0) is 0 Å².